The van der Waals surface area contributed by atoms with Crippen LogP contribution in [0.2, 0.25) is 0 Å². The molecule has 0 radical (unpaired) electrons. The lowest BCUT2D eigenvalue weighted by Gasteiger charge is -2.36. The third-order valence-electron chi connectivity index (χ3n) is 4.68. The van der Waals surface area contributed by atoms with Crippen molar-refractivity contribution >= 4 is 5.69 Å². The van der Waals surface area contributed by atoms with Crippen molar-refractivity contribution in [3.63, 3.8) is 0 Å². The molecule has 0 spiro atoms. The van der Waals surface area contributed by atoms with Crippen LogP contribution >= 0.6 is 0 Å². The summed E-state index contributed by atoms with van der Waals surface area (Å²) in [4.78, 5) is 5.06. The van der Waals surface area contributed by atoms with Crippen LogP contribution in [0, 0.1) is 0 Å². The molecule has 0 unspecified atom stereocenters. The Kier molecular flexibility index (Phi) is 6.27. The minimum Gasteiger partial charge on any atom is -0.369 e. The Labute approximate surface area is 146 Å². The van der Waals surface area contributed by atoms with E-state index in [9.17, 15) is 0 Å². The Morgan fingerprint density at radius 3 is 2.21 bits per heavy atom. The van der Waals surface area contributed by atoms with Gasteiger partial charge in [0.2, 0.25) is 0 Å². The molecule has 3 heteroatoms. The summed E-state index contributed by atoms with van der Waals surface area (Å²) in [6.45, 7) is 9.82. The molecule has 0 saturated carbocycles. The van der Waals surface area contributed by atoms with E-state index in [0.717, 1.165) is 45.8 Å². The largest absolute Gasteiger partial charge is 0.369 e. The second-order valence-electron chi connectivity index (χ2n) is 6.59. The second kappa shape index (κ2) is 8.86. The molecule has 1 aliphatic heterocycles. The number of nitrogens with one attached hydrogen (secondary N) is 1. The standard InChI is InChI=1S/C21H29N3/c1-2-12-22-17-19-8-10-21(11-9-19)24-15-13-23(14-16-24)18-20-6-4-3-5-7-20/h3-11,22H,2,12-18H2,1H3. The Hall–Kier alpha value is -1.84. The lowest BCUT2D eigenvalue weighted by molar-refractivity contribution is 0.250. The summed E-state index contributed by atoms with van der Waals surface area (Å²) in [5.74, 6) is 0. The van der Waals surface area contributed by atoms with Crippen LogP contribution in [0.15, 0.2) is 54.6 Å². The first-order valence-corrected chi connectivity index (χ1v) is 9.16. The fraction of sp³-hybridized carbons (Fsp3) is 0.429. The number of anilines is 1. The number of benzene rings is 2. The first kappa shape index (κ1) is 17.0. The molecule has 0 amide bonds. The maximum atomic E-state index is 3.46. The number of rotatable bonds is 7. The minimum atomic E-state index is 0.971. The molecule has 1 fully saturated rings. The SMILES string of the molecule is CCCNCc1ccc(N2CCN(Cc3ccccc3)CC2)cc1. The third kappa shape index (κ3) is 4.83. The van der Waals surface area contributed by atoms with Crippen LogP contribution in [0.1, 0.15) is 24.5 Å². The fourth-order valence-electron chi connectivity index (χ4n) is 3.24. The van der Waals surface area contributed by atoms with Crippen molar-refractivity contribution in [1.29, 1.82) is 0 Å². The molecule has 128 valence electrons. The predicted octanol–water partition coefficient (Wildman–Crippen LogP) is 3.51. The molecule has 0 atom stereocenters. The topological polar surface area (TPSA) is 18.5 Å². The first-order valence-electron chi connectivity index (χ1n) is 9.16. The van der Waals surface area contributed by atoms with Crippen LogP contribution in [0.5, 0.6) is 0 Å². The van der Waals surface area contributed by atoms with Gasteiger partial charge in [-0.1, -0.05) is 49.4 Å². The number of nitrogens with zero attached hydrogens (tertiary/aromatic N) is 2. The molecule has 3 rings (SSSR count). The van der Waals surface area contributed by atoms with E-state index in [2.05, 4.69) is 76.6 Å². The van der Waals surface area contributed by atoms with Crippen molar-refractivity contribution < 1.29 is 0 Å². The van der Waals surface area contributed by atoms with Crippen LogP contribution in [0.3, 0.4) is 0 Å². The lowest BCUT2D eigenvalue weighted by atomic mass is 10.1. The highest BCUT2D eigenvalue weighted by atomic mass is 15.3. The zero-order valence-corrected chi connectivity index (χ0v) is 14.7. The van der Waals surface area contributed by atoms with Crippen LogP contribution in [-0.2, 0) is 13.1 Å². The maximum absolute atomic E-state index is 3.46. The fourth-order valence-corrected chi connectivity index (χ4v) is 3.24. The Bertz CT molecular complexity index is 586. The van der Waals surface area contributed by atoms with Crippen LogP contribution in [-0.4, -0.2) is 37.6 Å². The van der Waals surface area contributed by atoms with Crippen molar-refractivity contribution in [2.45, 2.75) is 26.4 Å². The van der Waals surface area contributed by atoms with Gasteiger partial charge in [0.25, 0.3) is 0 Å². The van der Waals surface area contributed by atoms with E-state index >= 15 is 0 Å². The van der Waals surface area contributed by atoms with Gasteiger partial charge in [0.1, 0.15) is 0 Å². The Morgan fingerprint density at radius 1 is 0.833 bits per heavy atom. The van der Waals surface area contributed by atoms with Crippen molar-refractivity contribution in [2.24, 2.45) is 0 Å². The summed E-state index contributed by atoms with van der Waals surface area (Å²) in [5.41, 5.74) is 4.14. The number of hydrogen-bond acceptors (Lipinski definition) is 3. The van der Waals surface area contributed by atoms with Crippen molar-refractivity contribution in [2.75, 3.05) is 37.6 Å². The van der Waals surface area contributed by atoms with Crippen LogP contribution in [0.4, 0.5) is 5.69 Å². The zero-order chi connectivity index (χ0) is 16.6. The van der Waals surface area contributed by atoms with E-state index in [1.54, 1.807) is 0 Å². The molecule has 0 aromatic heterocycles. The van der Waals surface area contributed by atoms with Crippen LogP contribution < -0.4 is 10.2 Å². The van der Waals surface area contributed by atoms with Gasteiger partial charge in [0, 0.05) is 45.0 Å². The molecule has 2 aromatic carbocycles. The average molecular weight is 323 g/mol. The van der Waals surface area contributed by atoms with Gasteiger partial charge in [-0.25, -0.2) is 0 Å². The summed E-state index contributed by atoms with van der Waals surface area (Å²) in [6, 6.07) is 19.8. The second-order valence-corrected chi connectivity index (χ2v) is 6.59. The quantitative estimate of drug-likeness (QED) is 0.787. The van der Waals surface area contributed by atoms with E-state index in [1.165, 1.54) is 23.2 Å². The van der Waals surface area contributed by atoms with E-state index < -0.39 is 0 Å². The molecule has 0 bridgehead atoms. The van der Waals surface area contributed by atoms with Crippen LogP contribution in [0.25, 0.3) is 0 Å². The van der Waals surface area contributed by atoms with Crippen molar-refractivity contribution in [1.82, 2.24) is 10.2 Å². The van der Waals surface area contributed by atoms with Gasteiger partial charge in [-0.2, -0.15) is 0 Å². The smallest absolute Gasteiger partial charge is 0.0367 e. The molecule has 1 saturated heterocycles. The van der Waals surface area contributed by atoms with Gasteiger partial charge >= 0.3 is 0 Å². The van der Waals surface area contributed by atoms with E-state index in [-0.39, 0.29) is 0 Å². The van der Waals surface area contributed by atoms with E-state index in [4.69, 9.17) is 0 Å². The highest BCUT2D eigenvalue weighted by molar-refractivity contribution is 5.48. The maximum Gasteiger partial charge on any atom is 0.0367 e. The number of piperazine rings is 1. The molecule has 24 heavy (non-hydrogen) atoms. The van der Waals surface area contributed by atoms with Gasteiger partial charge in [0.05, 0.1) is 0 Å². The lowest BCUT2D eigenvalue weighted by Crippen LogP contribution is -2.45. The van der Waals surface area contributed by atoms with E-state index in [1.807, 2.05) is 0 Å². The van der Waals surface area contributed by atoms with Crippen molar-refractivity contribution in [3.8, 4) is 0 Å². The molecule has 1 N–H and O–H groups in total. The summed E-state index contributed by atoms with van der Waals surface area (Å²) >= 11 is 0. The zero-order valence-electron chi connectivity index (χ0n) is 14.7. The minimum absolute atomic E-state index is 0.971. The van der Waals surface area contributed by atoms with Gasteiger partial charge in [-0.05, 0) is 36.2 Å². The summed E-state index contributed by atoms with van der Waals surface area (Å²) < 4.78 is 0. The average Bonchev–Trinajstić information content (AvgIpc) is 2.64. The number of hydrogen-bond donors (Lipinski definition) is 1. The summed E-state index contributed by atoms with van der Waals surface area (Å²) in [6.07, 6.45) is 1.19. The van der Waals surface area contributed by atoms with E-state index in [0.29, 0.717) is 0 Å². The first-order chi connectivity index (χ1) is 11.8. The summed E-state index contributed by atoms with van der Waals surface area (Å²) in [7, 11) is 0. The molecular formula is C21H29N3. The van der Waals surface area contributed by atoms with Gasteiger partial charge in [-0.3, -0.25) is 4.90 Å². The molecule has 3 nitrogen and oxygen atoms in total. The molecule has 0 aliphatic carbocycles. The molecule has 2 aromatic rings. The summed E-state index contributed by atoms with van der Waals surface area (Å²) in [5, 5.41) is 3.46. The predicted molar refractivity (Wildman–Crippen MR) is 102 cm³/mol. The third-order valence-corrected chi connectivity index (χ3v) is 4.68. The van der Waals surface area contributed by atoms with Gasteiger partial charge in [0.15, 0.2) is 0 Å². The van der Waals surface area contributed by atoms with Crippen molar-refractivity contribution in [3.05, 3.63) is 65.7 Å². The highest BCUT2D eigenvalue weighted by Crippen LogP contribution is 2.18. The molecule has 1 heterocycles. The Balaban J connectivity index is 1.47. The molecule has 1 aliphatic rings. The van der Waals surface area contributed by atoms with Gasteiger partial charge < -0.3 is 10.2 Å². The highest BCUT2D eigenvalue weighted by Gasteiger charge is 2.17. The molecular weight excluding hydrogens is 294 g/mol. The Morgan fingerprint density at radius 2 is 1.54 bits per heavy atom. The van der Waals surface area contributed by atoms with Gasteiger partial charge in [-0.15, -0.1) is 0 Å². The monoisotopic (exact) mass is 323 g/mol. The normalized spacial score (nSPS) is 15.6.